The van der Waals surface area contributed by atoms with Gasteiger partial charge >= 0.3 is 0 Å². The van der Waals surface area contributed by atoms with Crippen molar-refractivity contribution in [1.29, 1.82) is 0 Å². The minimum absolute atomic E-state index is 0.123. The molecule has 0 fully saturated rings. The number of fused-ring (bicyclic) bond motifs is 1. The molecule has 0 saturated heterocycles. The SMILES string of the molecule is CCCC1(CCC)CC(N)c2cc(F)ccc2O1. The number of hydrogen-bond donors (Lipinski definition) is 1. The highest BCUT2D eigenvalue weighted by molar-refractivity contribution is 5.39. The van der Waals surface area contributed by atoms with Crippen LogP contribution in [-0.2, 0) is 0 Å². The van der Waals surface area contributed by atoms with Crippen molar-refractivity contribution in [1.82, 2.24) is 0 Å². The van der Waals surface area contributed by atoms with Crippen molar-refractivity contribution >= 4 is 0 Å². The number of nitrogens with two attached hydrogens (primary N) is 1. The fourth-order valence-corrected chi connectivity index (χ4v) is 3.03. The number of benzene rings is 1. The van der Waals surface area contributed by atoms with E-state index in [0.29, 0.717) is 0 Å². The van der Waals surface area contributed by atoms with Crippen LogP contribution in [0.25, 0.3) is 0 Å². The number of hydrogen-bond acceptors (Lipinski definition) is 2. The molecule has 3 heteroatoms. The summed E-state index contributed by atoms with van der Waals surface area (Å²) in [6, 6.07) is 4.54. The summed E-state index contributed by atoms with van der Waals surface area (Å²) in [5.74, 6) is 0.517. The molecule has 0 spiro atoms. The summed E-state index contributed by atoms with van der Waals surface area (Å²) in [6.07, 6.45) is 4.94. The summed E-state index contributed by atoms with van der Waals surface area (Å²) in [7, 11) is 0. The number of halogens is 1. The third-order valence-corrected chi connectivity index (χ3v) is 3.70. The van der Waals surface area contributed by atoms with Crippen LogP contribution in [0.3, 0.4) is 0 Å². The molecule has 1 atom stereocenters. The second-order valence-electron chi connectivity index (χ2n) is 5.28. The molecule has 100 valence electrons. The summed E-state index contributed by atoms with van der Waals surface area (Å²) in [6.45, 7) is 4.32. The van der Waals surface area contributed by atoms with Crippen molar-refractivity contribution in [3.63, 3.8) is 0 Å². The predicted octanol–water partition coefficient (Wildman–Crippen LogP) is 3.95. The first-order valence-corrected chi connectivity index (χ1v) is 6.84. The molecule has 2 nitrogen and oxygen atoms in total. The summed E-state index contributed by atoms with van der Waals surface area (Å²) >= 11 is 0. The van der Waals surface area contributed by atoms with Gasteiger partial charge in [-0.25, -0.2) is 4.39 Å². The minimum Gasteiger partial charge on any atom is -0.487 e. The lowest BCUT2D eigenvalue weighted by molar-refractivity contribution is 0.0178. The van der Waals surface area contributed by atoms with E-state index in [-0.39, 0.29) is 17.5 Å². The maximum atomic E-state index is 13.2. The van der Waals surface area contributed by atoms with E-state index in [2.05, 4.69) is 13.8 Å². The van der Waals surface area contributed by atoms with Crippen LogP contribution in [0.1, 0.15) is 57.6 Å². The Labute approximate surface area is 108 Å². The van der Waals surface area contributed by atoms with Crippen molar-refractivity contribution in [3.05, 3.63) is 29.6 Å². The van der Waals surface area contributed by atoms with Crippen LogP contribution < -0.4 is 10.5 Å². The third-order valence-electron chi connectivity index (χ3n) is 3.70. The molecule has 1 aliphatic heterocycles. The maximum absolute atomic E-state index is 13.2. The van der Waals surface area contributed by atoms with Crippen molar-refractivity contribution < 1.29 is 9.13 Å². The molecule has 1 unspecified atom stereocenters. The maximum Gasteiger partial charge on any atom is 0.125 e. The molecule has 0 aromatic heterocycles. The van der Waals surface area contributed by atoms with Gasteiger partial charge < -0.3 is 10.5 Å². The molecule has 1 aromatic carbocycles. The Morgan fingerprint density at radius 3 is 2.61 bits per heavy atom. The molecule has 0 bridgehead atoms. The highest BCUT2D eigenvalue weighted by atomic mass is 19.1. The molecular weight excluding hydrogens is 229 g/mol. The first-order chi connectivity index (χ1) is 8.60. The van der Waals surface area contributed by atoms with E-state index in [1.807, 2.05) is 0 Å². The van der Waals surface area contributed by atoms with Gasteiger partial charge in [0.15, 0.2) is 0 Å². The lowest BCUT2D eigenvalue weighted by atomic mass is 9.81. The average molecular weight is 251 g/mol. The van der Waals surface area contributed by atoms with Crippen LogP contribution in [0.15, 0.2) is 18.2 Å². The van der Waals surface area contributed by atoms with Crippen molar-refractivity contribution in [2.24, 2.45) is 5.73 Å². The van der Waals surface area contributed by atoms with Crippen LogP contribution >= 0.6 is 0 Å². The van der Waals surface area contributed by atoms with Gasteiger partial charge in [-0.2, -0.15) is 0 Å². The molecule has 2 N–H and O–H groups in total. The van der Waals surface area contributed by atoms with Gasteiger partial charge in [-0.05, 0) is 31.0 Å². The van der Waals surface area contributed by atoms with Gasteiger partial charge in [-0.1, -0.05) is 26.7 Å². The van der Waals surface area contributed by atoms with E-state index in [9.17, 15) is 4.39 Å². The Balaban J connectivity index is 2.32. The average Bonchev–Trinajstić information content (AvgIpc) is 2.31. The third kappa shape index (κ3) is 2.51. The zero-order chi connectivity index (χ0) is 13.2. The van der Waals surface area contributed by atoms with Gasteiger partial charge in [-0.15, -0.1) is 0 Å². The van der Waals surface area contributed by atoms with Gasteiger partial charge in [0.05, 0.1) is 0 Å². The van der Waals surface area contributed by atoms with E-state index in [1.165, 1.54) is 12.1 Å². The van der Waals surface area contributed by atoms with Gasteiger partial charge in [0.1, 0.15) is 17.2 Å². The highest BCUT2D eigenvalue weighted by Crippen LogP contribution is 2.42. The van der Waals surface area contributed by atoms with E-state index < -0.39 is 0 Å². The zero-order valence-electron chi connectivity index (χ0n) is 11.2. The Hall–Kier alpha value is -1.09. The summed E-state index contributed by atoms with van der Waals surface area (Å²) < 4.78 is 19.4. The fourth-order valence-electron chi connectivity index (χ4n) is 3.03. The van der Waals surface area contributed by atoms with Crippen molar-refractivity contribution in [3.8, 4) is 5.75 Å². The normalized spacial score (nSPS) is 21.2. The molecule has 0 aliphatic carbocycles. The largest absolute Gasteiger partial charge is 0.487 e. The molecule has 1 aromatic rings. The molecule has 1 heterocycles. The second-order valence-corrected chi connectivity index (χ2v) is 5.28. The molecule has 18 heavy (non-hydrogen) atoms. The van der Waals surface area contributed by atoms with Crippen LogP contribution in [0, 0.1) is 5.82 Å². The monoisotopic (exact) mass is 251 g/mol. The van der Waals surface area contributed by atoms with Gasteiger partial charge in [0.25, 0.3) is 0 Å². The minimum atomic E-state index is -0.244. The van der Waals surface area contributed by atoms with Crippen molar-refractivity contribution in [2.45, 2.75) is 57.6 Å². The standard InChI is InChI=1S/C15H22FNO/c1-3-7-15(8-4-2)10-13(17)12-9-11(16)5-6-14(12)18-15/h5-6,9,13H,3-4,7-8,10,17H2,1-2H3. The first kappa shape index (κ1) is 13.3. The zero-order valence-corrected chi connectivity index (χ0v) is 11.2. The van der Waals surface area contributed by atoms with Crippen molar-refractivity contribution in [2.75, 3.05) is 0 Å². The van der Waals surface area contributed by atoms with Gasteiger partial charge in [0, 0.05) is 18.0 Å². The number of ether oxygens (including phenoxy) is 1. The van der Waals surface area contributed by atoms with E-state index in [4.69, 9.17) is 10.5 Å². The Morgan fingerprint density at radius 1 is 1.33 bits per heavy atom. The lowest BCUT2D eigenvalue weighted by Crippen LogP contribution is -2.42. The predicted molar refractivity (Wildman–Crippen MR) is 71.1 cm³/mol. The van der Waals surface area contributed by atoms with Crippen LogP contribution in [-0.4, -0.2) is 5.60 Å². The topological polar surface area (TPSA) is 35.2 Å². The smallest absolute Gasteiger partial charge is 0.125 e. The Morgan fingerprint density at radius 2 is 2.00 bits per heavy atom. The highest BCUT2D eigenvalue weighted by Gasteiger charge is 2.38. The van der Waals surface area contributed by atoms with E-state index in [1.54, 1.807) is 6.07 Å². The molecule has 1 aliphatic rings. The lowest BCUT2D eigenvalue weighted by Gasteiger charge is -2.41. The van der Waals surface area contributed by atoms with Gasteiger partial charge in [-0.3, -0.25) is 0 Å². The van der Waals surface area contributed by atoms with Crippen LogP contribution in [0.5, 0.6) is 5.75 Å². The molecule has 2 rings (SSSR count). The van der Waals surface area contributed by atoms with E-state index >= 15 is 0 Å². The summed E-state index contributed by atoms with van der Waals surface area (Å²) in [5, 5.41) is 0. The Bertz CT molecular complexity index is 413. The summed E-state index contributed by atoms with van der Waals surface area (Å²) in [4.78, 5) is 0. The molecular formula is C15H22FNO. The first-order valence-electron chi connectivity index (χ1n) is 6.84. The second kappa shape index (κ2) is 5.27. The molecule has 0 saturated carbocycles. The van der Waals surface area contributed by atoms with Gasteiger partial charge in [0.2, 0.25) is 0 Å². The fraction of sp³-hybridized carbons (Fsp3) is 0.600. The number of rotatable bonds is 4. The quantitative estimate of drug-likeness (QED) is 0.879. The molecule has 0 amide bonds. The summed E-state index contributed by atoms with van der Waals surface area (Å²) in [5.41, 5.74) is 6.85. The Kier molecular flexibility index (Phi) is 3.91. The van der Waals surface area contributed by atoms with Crippen LogP contribution in [0.4, 0.5) is 4.39 Å². The van der Waals surface area contributed by atoms with Crippen LogP contribution in [0.2, 0.25) is 0 Å². The van der Waals surface area contributed by atoms with E-state index in [0.717, 1.165) is 43.4 Å². The molecule has 0 radical (unpaired) electrons.